The normalized spacial score (nSPS) is 17.5. The number of hydrogen-bond donors (Lipinski definition) is 1. The van der Waals surface area contributed by atoms with Crippen molar-refractivity contribution in [1.82, 2.24) is 0 Å². The maximum atomic E-state index is 10.1. The molecule has 1 aliphatic rings. The Bertz CT molecular complexity index is 411. The van der Waals surface area contributed by atoms with Crippen LogP contribution >= 0.6 is 0 Å². The lowest BCUT2D eigenvalue weighted by Crippen LogP contribution is -2.34. The van der Waals surface area contributed by atoms with E-state index in [-0.39, 0.29) is 0 Å². The van der Waals surface area contributed by atoms with E-state index in [0.29, 0.717) is 6.04 Å². The summed E-state index contributed by atoms with van der Waals surface area (Å²) in [6.07, 6.45) is 4.63. The Morgan fingerprint density at radius 2 is 2.05 bits per heavy atom. The number of benzene rings is 1. The fourth-order valence-electron chi connectivity index (χ4n) is 3.22. The molecule has 1 saturated carbocycles. The quantitative estimate of drug-likeness (QED) is 0.882. The highest BCUT2D eigenvalue weighted by molar-refractivity contribution is 5.61. The fraction of sp³-hybridized carbons (Fsp3) is 0.625. The van der Waals surface area contributed by atoms with E-state index < -0.39 is 6.10 Å². The summed E-state index contributed by atoms with van der Waals surface area (Å²) < 4.78 is 5.42. The predicted octanol–water partition coefficient (Wildman–Crippen LogP) is 3.52. The number of methoxy groups -OCH3 is 1. The summed E-state index contributed by atoms with van der Waals surface area (Å²) in [5.41, 5.74) is 2.04. The van der Waals surface area contributed by atoms with E-state index >= 15 is 0 Å². The SMILES string of the molecule is CCN(c1cccc(OC)c1[C@H](C)O)C1CCCC1. The molecular formula is C16H25NO2. The third kappa shape index (κ3) is 2.86. The Hall–Kier alpha value is -1.22. The van der Waals surface area contributed by atoms with Gasteiger partial charge in [0.25, 0.3) is 0 Å². The molecule has 3 nitrogen and oxygen atoms in total. The first kappa shape index (κ1) is 14.2. The summed E-state index contributed by atoms with van der Waals surface area (Å²) in [7, 11) is 1.66. The van der Waals surface area contributed by atoms with Gasteiger partial charge < -0.3 is 14.7 Å². The molecule has 19 heavy (non-hydrogen) atoms. The van der Waals surface area contributed by atoms with Crippen molar-refractivity contribution < 1.29 is 9.84 Å². The molecule has 0 aromatic heterocycles. The lowest BCUT2D eigenvalue weighted by atomic mass is 10.0. The largest absolute Gasteiger partial charge is 0.496 e. The summed E-state index contributed by atoms with van der Waals surface area (Å²) in [6.45, 7) is 4.96. The topological polar surface area (TPSA) is 32.7 Å². The van der Waals surface area contributed by atoms with E-state index in [1.54, 1.807) is 7.11 Å². The molecule has 0 radical (unpaired) electrons. The first-order chi connectivity index (χ1) is 9.19. The van der Waals surface area contributed by atoms with Gasteiger partial charge in [-0.25, -0.2) is 0 Å². The van der Waals surface area contributed by atoms with Gasteiger partial charge >= 0.3 is 0 Å². The lowest BCUT2D eigenvalue weighted by Gasteiger charge is -2.33. The molecule has 1 aromatic rings. The van der Waals surface area contributed by atoms with Gasteiger partial charge in [-0.1, -0.05) is 18.9 Å². The van der Waals surface area contributed by atoms with Gasteiger partial charge in [-0.3, -0.25) is 0 Å². The molecule has 1 fully saturated rings. The van der Waals surface area contributed by atoms with E-state index in [2.05, 4.69) is 17.9 Å². The van der Waals surface area contributed by atoms with Crippen molar-refractivity contribution in [3.8, 4) is 5.75 Å². The van der Waals surface area contributed by atoms with Crippen molar-refractivity contribution in [2.45, 2.75) is 51.7 Å². The minimum atomic E-state index is -0.512. The van der Waals surface area contributed by atoms with Gasteiger partial charge in [-0.05, 0) is 38.8 Å². The molecule has 1 aromatic carbocycles. The van der Waals surface area contributed by atoms with E-state index in [0.717, 1.165) is 23.5 Å². The molecule has 0 amide bonds. The molecule has 0 saturated heterocycles. The number of rotatable bonds is 5. The summed E-state index contributed by atoms with van der Waals surface area (Å²) in [5.74, 6) is 0.781. The molecule has 106 valence electrons. The minimum absolute atomic E-state index is 0.512. The highest BCUT2D eigenvalue weighted by Gasteiger charge is 2.25. The van der Waals surface area contributed by atoms with Gasteiger partial charge in [0, 0.05) is 23.8 Å². The van der Waals surface area contributed by atoms with Crippen LogP contribution in [0.3, 0.4) is 0 Å². The number of nitrogens with zero attached hydrogens (tertiary/aromatic N) is 1. The molecule has 3 heteroatoms. The van der Waals surface area contributed by atoms with Crippen LogP contribution in [0.25, 0.3) is 0 Å². The van der Waals surface area contributed by atoms with E-state index in [1.807, 2.05) is 19.1 Å². The smallest absolute Gasteiger partial charge is 0.126 e. The van der Waals surface area contributed by atoms with Gasteiger partial charge in [-0.2, -0.15) is 0 Å². The number of anilines is 1. The molecular weight excluding hydrogens is 238 g/mol. The highest BCUT2D eigenvalue weighted by atomic mass is 16.5. The second kappa shape index (κ2) is 6.29. The zero-order valence-corrected chi connectivity index (χ0v) is 12.2. The third-order valence-corrected chi connectivity index (χ3v) is 4.10. The van der Waals surface area contributed by atoms with Crippen LogP contribution in [0, 0.1) is 0 Å². The minimum Gasteiger partial charge on any atom is -0.496 e. The van der Waals surface area contributed by atoms with Gasteiger partial charge in [0.2, 0.25) is 0 Å². The van der Waals surface area contributed by atoms with Crippen molar-refractivity contribution >= 4 is 5.69 Å². The van der Waals surface area contributed by atoms with Crippen molar-refractivity contribution in [1.29, 1.82) is 0 Å². The second-order valence-electron chi connectivity index (χ2n) is 5.29. The Kier molecular flexibility index (Phi) is 4.70. The summed E-state index contributed by atoms with van der Waals surface area (Å²) in [4.78, 5) is 2.43. The number of aliphatic hydroxyl groups is 1. The Labute approximate surface area is 116 Å². The standard InChI is InChI=1S/C16H25NO2/c1-4-17(13-8-5-6-9-13)14-10-7-11-15(19-3)16(14)12(2)18/h7,10-13,18H,4-6,8-9H2,1-3H3/t12-/m0/s1. The van der Waals surface area contributed by atoms with E-state index in [1.165, 1.54) is 25.7 Å². The molecule has 0 aliphatic heterocycles. The third-order valence-electron chi connectivity index (χ3n) is 4.10. The zero-order valence-electron chi connectivity index (χ0n) is 12.2. The molecule has 0 bridgehead atoms. The summed E-state index contributed by atoms with van der Waals surface area (Å²) in [6, 6.07) is 6.65. The predicted molar refractivity (Wildman–Crippen MR) is 78.9 cm³/mol. The fourth-order valence-corrected chi connectivity index (χ4v) is 3.22. The van der Waals surface area contributed by atoms with Crippen LogP contribution in [0.1, 0.15) is 51.2 Å². The van der Waals surface area contributed by atoms with E-state index in [4.69, 9.17) is 4.74 Å². The molecule has 0 spiro atoms. The van der Waals surface area contributed by atoms with Crippen molar-refractivity contribution in [2.75, 3.05) is 18.6 Å². The van der Waals surface area contributed by atoms with Gasteiger partial charge in [0.15, 0.2) is 0 Å². The van der Waals surface area contributed by atoms with Crippen LogP contribution < -0.4 is 9.64 Å². The maximum Gasteiger partial charge on any atom is 0.126 e. The summed E-state index contributed by atoms with van der Waals surface area (Å²) >= 11 is 0. The zero-order chi connectivity index (χ0) is 13.8. The molecule has 2 rings (SSSR count). The Balaban J connectivity index is 2.41. The second-order valence-corrected chi connectivity index (χ2v) is 5.29. The van der Waals surface area contributed by atoms with Crippen LogP contribution in [0.4, 0.5) is 5.69 Å². The van der Waals surface area contributed by atoms with E-state index in [9.17, 15) is 5.11 Å². The van der Waals surface area contributed by atoms with Crippen molar-refractivity contribution in [3.63, 3.8) is 0 Å². The number of ether oxygens (including phenoxy) is 1. The van der Waals surface area contributed by atoms with Gasteiger partial charge in [0.1, 0.15) is 5.75 Å². The van der Waals surface area contributed by atoms with Crippen LogP contribution in [0.5, 0.6) is 5.75 Å². The number of aliphatic hydroxyl groups excluding tert-OH is 1. The van der Waals surface area contributed by atoms with Crippen molar-refractivity contribution in [2.24, 2.45) is 0 Å². The van der Waals surface area contributed by atoms with Gasteiger partial charge in [0.05, 0.1) is 13.2 Å². The maximum absolute atomic E-state index is 10.1. The van der Waals surface area contributed by atoms with Gasteiger partial charge in [-0.15, -0.1) is 0 Å². The Morgan fingerprint density at radius 3 is 2.58 bits per heavy atom. The molecule has 0 heterocycles. The first-order valence-electron chi connectivity index (χ1n) is 7.30. The number of hydrogen-bond acceptors (Lipinski definition) is 3. The van der Waals surface area contributed by atoms with Crippen LogP contribution in [0.2, 0.25) is 0 Å². The van der Waals surface area contributed by atoms with Crippen molar-refractivity contribution in [3.05, 3.63) is 23.8 Å². The van der Waals surface area contributed by atoms with Crippen LogP contribution in [0.15, 0.2) is 18.2 Å². The lowest BCUT2D eigenvalue weighted by molar-refractivity contribution is 0.194. The molecule has 1 atom stereocenters. The average molecular weight is 263 g/mol. The molecule has 0 unspecified atom stereocenters. The average Bonchev–Trinajstić information content (AvgIpc) is 2.93. The first-order valence-corrected chi connectivity index (χ1v) is 7.30. The monoisotopic (exact) mass is 263 g/mol. The Morgan fingerprint density at radius 1 is 1.37 bits per heavy atom. The van der Waals surface area contributed by atoms with Crippen LogP contribution in [-0.4, -0.2) is 24.8 Å². The highest BCUT2D eigenvalue weighted by Crippen LogP contribution is 2.37. The summed E-state index contributed by atoms with van der Waals surface area (Å²) in [5, 5.41) is 10.1. The van der Waals surface area contributed by atoms with Crippen LogP contribution in [-0.2, 0) is 0 Å². The molecule has 1 N–H and O–H groups in total. The molecule has 1 aliphatic carbocycles.